The average Bonchev–Trinajstić information content (AvgIpc) is 3.40. The van der Waals surface area contributed by atoms with Gasteiger partial charge in [-0.3, -0.25) is 0 Å². The second-order valence-corrected chi connectivity index (χ2v) is 14.1. The van der Waals surface area contributed by atoms with Gasteiger partial charge < -0.3 is 24.1 Å². The monoisotopic (exact) mass is 579 g/mol. The molecule has 224 valence electrons. The van der Waals surface area contributed by atoms with E-state index in [0.29, 0.717) is 25.9 Å². The van der Waals surface area contributed by atoms with Crippen molar-refractivity contribution in [2.75, 3.05) is 6.61 Å². The second kappa shape index (κ2) is 10.5. The Labute approximate surface area is 255 Å². The smallest absolute Gasteiger partial charge is 0.448 e. The fourth-order valence-electron chi connectivity index (χ4n) is 7.85. The third-order valence-electron chi connectivity index (χ3n) is 10.6. The molecule has 1 aliphatic carbocycles. The van der Waals surface area contributed by atoms with Crippen LogP contribution in [0.1, 0.15) is 82.4 Å². The van der Waals surface area contributed by atoms with Crippen molar-refractivity contribution in [1.29, 1.82) is 0 Å². The molecule has 0 aromatic heterocycles. The van der Waals surface area contributed by atoms with Crippen LogP contribution in [0.3, 0.4) is 0 Å². The van der Waals surface area contributed by atoms with E-state index < -0.39 is 23.9 Å². The van der Waals surface area contributed by atoms with Crippen molar-refractivity contribution in [3.63, 3.8) is 0 Å². The van der Waals surface area contributed by atoms with E-state index in [-0.39, 0.29) is 24.1 Å². The number of nitrogens with zero attached hydrogens (tertiary/aromatic N) is 1. The molecule has 7 heteroatoms. The number of aliphatic hydroxyl groups is 1. The first-order valence-corrected chi connectivity index (χ1v) is 15.8. The molecule has 3 saturated heterocycles. The van der Waals surface area contributed by atoms with Gasteiger partial charge in [-0.15, -0.1) is 0 Å². The average molecular weight is 580 g/mol. The van der Waals surface area contributed by atoms with Gasteiger partial charge in [0, 0.05) is 24.4 Å². The number of fused-ring (bicyclic) bond motifs is 5. The van der Waals surface area contributed by atoms with Gasteiger partial charge in [-0.05, 0) is 93.1 Å². The molecule has 3 aromatic rings. The fraction of sp³-hybridized carbons (Fsp3) is 0.472. The molecule has 3 aliphatic heterocycles. The Bertz CT molecular complexity index is 1460. The lowest BCUT2D eigenvalue weighted by atomic mass is 9.72. The van der Waals surface area contributed by atoms with Crippen LogP contribution in [-0.2, 0) is 20.5 Å². The van der Waals surface area contributed by atoms with E-state index in [9.17, 15) is 9.90 Å². The molecule has 2 unspecified atom stereocenters. The summed E-state index contributed by atoms with van der Waals surface area (Å²) in [5, 5.41) is 11.9. The highest BCUT2D eigenvalue weighted by Gasteiger charge is 2.52. The molecular formula is C36H42BNO5. The Morgan fingerprint density at radius 3 is 2.07 bits per heavy atom. The highest BCUT2D eigenvalue weighted by molar-refractivity contribution is 6.62. The highest BCUT2D eigenvalue weighted by atomic mass is 16.7. The van der Waals surface area contributed by atoms with E-state index in [2.05, 4.69) is 88.4 Å². The maximum absolute atomic E-state index is 13.7. The lowest BCUT2D eigenvalue weighted by Gasteiger charge is -2.51. The summed E-state index contributed by atoms with van der Waals surface area (Å²) in [5.74, 6) is 0.0363. The molecule has 4 aliphatic rings. The van der Waals surface area contributed by atoms with E-state index in [1.54, 1.807) is 0 Å². The molecule has 3 heterocycles. The summed E-state index contributed by atoms with van der Waals surface area (Å²) in [5.41, 5.74) is 5.20. The number of hydrogen-bond donors (Lipinski definition) is 1. The molecule has 0 radical (unpaired) electrons. The molecule has 1 amide bonds. The number of amides is 1. The maximum atomic E-state index is 13.7. The van der Waals surface area contributed by atoms with Gasteiger partial charge in [0.05, 0.1) is 16.8 Å². The van der Waals surface area contributed by atoms with Gasteiger partial charge in [-0.25, -0.2) is 4.79 Å². The van der Waals surface area contributed by atoms with Crippen molar-refractivity contribution < 1.29 is 23.9 Å². The van der Waals surface area contributed by atoms with Gasteiger partial charge in [0.25, 0.3) is 0 Å². The van der Waals surface area contributed by atoms with Gasteiger partial charge in [0.2, 0.25) is 0 Å². The number of carbonyl (C=O) groups excluding carboxylic acids is 1. The quantitative estimate of drug-likeness (QED) is 0.364. The molecule has 43 heavy (non-hydrogen) atoms. The summed E-state index contributed by atoms with van der Waals surface area (Å²) in [6, 6.07) is 25.0. The van der Waals surface area contributed by atoms with Crippen LogP contribution in [0.2, 0.25) is 0 Å². The number of carbonyl (C=O) groups is 1. The Hall–Kier alpha value is -3.13. The number of benzene rings is 3. The second-order valence-electron chi connectivity index (χ2n) is 14.1. The van der Waals surface area contributed by atoms with E-state index in [0.717, 1.165) is 30.3 Å². The lowest BCUT2D eigenvalue weighted by molar-refractivity contribution is -0.0840. The number of ether oxygens (including phenoxy) is 1. The molecule has 1 N–H and O–H groups in total. The molecule has 3 fully saturated rings. The number of rotatable bonds is 5. The van der Waals surface area contributed by atoms with Crippen LogP contribution in [0, 0.1) is 0 Å². The molecular weight excluding hydrogens is 537 g/mol. The van der Waals surface area contributed by atoms with Gasteiger partial charge in [0.15, 0.2) is 0 Å². The Kier molecular flexibility index (Phi) is 6.99. The van der Waals surface area contributed by atoms with Crippen molar-refractivity contribution in [1.82, 2.24) is 4.90 Å². The summed E-state index contributed by atoms with van der Waals surface area (Å²) in [6.45, 7) is 8.55. The third kappa shape index (κ3) is 5.09. The van der Waals surface area contributed by atoms with Crippen LogP contribution in [0.5, 0.6) is 0 Å². The molecule has 2 atom stereocenters. The minimum atomic E-state index is -0.885. The minimum absolute atomic E-state index is 0.0283. The highest BCUT2D eigenvalue weighted by Crippen LogP contribution is 2.45. The lowest BCUT2D eigenvalue weighted by Crippen LogP contribution is -2.60. The van der Waals surface area contributed by atoms with Crippen LogP contribution >= 0.6 is 0 Å². The van der Waals surface area contributed by atoms with Gasteiger partial charge in [0.1, 0.15) is 6.61 Å². The number of piperidine rings is 2. The van der Waals surface area contributed by atoms with Gasteiger partial charge >= 0.3 is 13.2 Å². The minimum Gasteiger partial charge on any atom is -0.448 e. The van der Waals surface area contributed by atoms with Crippen LogP contribution in [0.25, 0.3) is 11.1 Å². The van der Waals surface area contributed by atoms with Crippen molar-refractivity contribution in [3.05, 3.63) is 89.5 Å². The summed E-state index contributed by atoms with van der Waals surface area (Å²) in [4.78, 5) is 15.6. The predicted molar refractivity (Wildman–Crippen MR) is 168 cm³/mol. The van der Waals surface area contributed by atoms with Crippen molar-refractivity contribution in [3.8, 4) is 11.1 Å². The van der Waals surface area contributed by atoms with Crippen LogP contribution in [0.4, 0.5) is 4.79 Å². The van der Waals surface area contributed by atoms with Crippen LogP contribution in [0.15, 0.2) is 72.8 Å². The van der Waals surface area contributed by atoms with Crippen molar-refractivity contribution in [2.45, 2.75) is 101 Å². The SMILES string of the molecule is CC1(C)OB(c2cccc(CC3(O)CC4CCCC(C3)N4C(=O)OCC3c4ccccc4-c4ccccc43)c2)OC1(C)C. The topological polar surface area (TPSA) is 68.2 Å². The van der Waals surface area contributed by atoms with E-state index in [1.165, 1.54) is 22.3 Å². The zero-order valence-corrected chi connectivity index (χ0v) is 25.7. The molecule has 0 saturated carbocycles. The van der Waals surface area contributed by atoms with Gasteiger partial charge in [-0.2, -0.15) is 0 Å². The van der Waals surface area contributed by atoms with E-state index in [4.69, 9.17) is 14.0 Å². The maximum Gasteiger partial charge on any atom is 0.494 e. The van der Waals surface area contributed by atoms with E-state index in [1.807, 2.05) is 17.0 Å². The van der Waals surface area contributed by atoms with E-state index >= 15 is 0 Å². The molecule has 6 nitrogen and oxygen atoms in total. The van der Waals surface area contributed by atoms with Gasteiger partial charge in [-0.1, -0.05) is 72.8 Å². The summed E-state index contributed by atoms with van der Waals surface area (Å²) in [6.07, 6.45) is 4.22. The largest absolute Gasteiger partial charge is 0.494 e. The van der Waals surface area contributed by atoms with Crippen molar-refractivity contribution in [2.24, 2.45) is 0 Å². The first-order valence-electron chi connectivity index (χ1n) is 15.8. The molecule has 2 bridgehead atoms. The number of hydrogen-bond acceptors (Lipinski definition) is 5. The normalized spacial score (nSPS) is 27.1. The van der Waals surface area contributed by atoms with Crippen LogP contribution in [-0.4, -0.2) is 58.7 Å². The summed E-state index contributed by atoms with van der Waals surface area (Å²) >= 11 is 0. The predicted octanol–water partition coefficient (Wildman–Crippen LogP) is 6.23. The molecule has 3 aromatic carbocycles. The zero-order valence-electron chi connectivity index (χ0n) is 25.7. The standard InChI is InChI=1S/C36H42BNO5/c1-34(2)35(3,4)43-37(42-34)25-12-9-11-24(19-25)20-36(40)21-26-13-10-14-27(22-36)38(26)33(39)41-23-32-30-17-7-5-15-28(30)29-16-6-8-18-31(29)32/h5-9,11-12,15-19,26-27,32,40H,10,13-14,20-23H2,1-4H3. The molecule has 7 rings (SSSR count). The summed E-state index contributed by atoms with van der Waals surface area (Å²) in [7, 11) is -0.436. The first-order chi connectivity index (χ1) is 20.5. The molecule has 0 spiro atoms. The Morgan fingerprint density at radius 2 is 1.47 bits per heavy atom. The fourth-order valence-corrected chi connectivity index (χ4v) is 7.85. The summed E-state index contributed by atoms with van der Waals surface area (Å²) < 4.78 is 18.6. The Morgan fingerprint density at radius 1 is 0.884 bits per heavy atom. The van der Waals surface area contributed by atoms with Crippen LogP contribution < -0.4 is 5.46 Å². The zero-order chi connectivity index (χ0) is 30.0. The van der Waals surface area contributed by atoms with Crippen molar-refractivity contribution >= 4 is 18.7 Å². The first kappa shape index (κ1) is 28.6. The Balaban J connectivity index is 1.03. The third-order valence-corrected chi connectivity index (χ3v) is 10.6.